The molecule has 0 nitrogen and oxygen atoms in total. The quantitative estimate of drug-likeness (QED) is 0.442. The van der Waals surface area contributed by atoms with Gasteiger partial charge in [-0.3, -0.25) is 0 Å². The molecule has 4 rings (SSSR count). The third kappa shape index (κ3) is 4.15. The second-order valence-electron chi connectivity index (χ2n) is 7.12. The summed E-state index contributed by atoms with van der Waals surface area (Å²) < 4.78 is 3.72. The number of allylic oxidation sites excluding steroid dienone is 4. The fourth-order valence-electron chi connectivity index (χ4n) is 4.48. The molecule has 0 atom stereocenters. The zero-order valence-corrected chi connectivity index (χ0v) is 21.3. The van der Waals surface area contributed by atoms with E-state index in [0.29, 0.717) is 0 Å². The van der Waals surface area contributed by atoms with Crippen LogP contribution in [0.5, 0.6) is 0 Å². The van der Waals surface area contributed by atoms with Gasteiger partial charge in [-0.15, -0.1) is 0 Å². The number of rotatable bonds is 4. The predicted molar refractivity (Wildman–Crippen MR) is 107 cm³/mol. The van der Waals surface area contributed by atoms with E-state index in [-0.39, 0.29) is 30.2 Å². The van der Waals surface area contributed by atoms with Crippen LogP contribution in [0.2, 0.25) is 12.1 Å². The number of hydrogen-bond donors (Lipinski definition) is 0. The summed E-state index contributed by atoms with van der Waals surface area (Å²) in [7, 11) is 0. The van der Waals surface area contributed by atoms with Gasteiger partial charge in [0.2, 0.25) is 0 Å². The Balaban J connectivity index is 0.00000131. The van der Waals surface area contributed by atoms with Gasteiger partial charge in [-0.1, -0.05) is 0 Å². The summed E-state index contributed by atoms with van der Waals surface area (Å²) in [6.45, 7) is 7.27. The van der Waals surface area contributed by atoms with Gasteiger partial charge >= 0.3 is 160 Å². The molecule has 0 radical (unpaired) electrons. The van der Waals surface area contributed by atoms with E-state index >= 15 is 0 Å². The van der Waals surface area contributed by atoms with Gasteiger partial charge in [-0.2, -0.15) is 0 Å². The van der Waals surface area contributed by atoms with Crippen molar-refractivity contribution in [2.45, 2.75) is 45.7 Å². The number of halogens is 2. The van der Waals surface area contributed by atoms with Crippen molar-refractivity contribution in [1.82, 2.24) is 0 Å². The molecule has 0 N–H and O–H groups in total. The minimum absolute atomic E-state index is 0. The topological polar surface area (TPSA) is 0 Å². The van der Waals surface area contributed by atoms with Gasteiger partial charge in [0.05, 0.1) is 0 Å². The van der Waals surface area contributed by atoms with Crippen LogP contribution in [0.3, 0.4) is 0 Å². The third-order valence-electron chi connectivity index (χ3n) is 5.79. The SMILES string of the molecule is CC[Si](CC)=[Zr+2]([C]1=C(C)C=CC1)[c]1cccc2c1Cc1ccccc1-2.[Cl-].[Cl-]. The van der Waals surface area contributed by atoms with E-state index in [1.807, 2.05) is 6.55 Å². The Labute approximate surface area is 184 Å². The van der Waals surface area contributed by atoms with Crippen molar-refractivity contribution in [1.29, 1.82) is 0 Å². The molecule has 0 bridgehead atoms. The van der Waals surface area contributed by atoms with Crippen molar-refractivity contribution in [3.05, 3.63) is 74.6 Å². The standard InChI is InChI=1S/C13H9.C6H7.C4H10Si.2ClH.Zr/c1-3-7-12-10(5-1)9-11-6-2-4-8-13(11)12;1-6-4-2-3-5-6;1-3-5-4-2;;;/h1-5,7-8H,9H2;2,4H,3H2,1H3;3-4H2,1-2H3;2*1H;/q;;;;;+2/p-2. The maximum absolute atomic E-state index is 2.52. The summed E-state index contributed by atoms with van der Waals surface area (Å²) in [5, 5.41) is 0. The van der Waals surface area contributed by atoms with E-state index in [0.717, 1.165) is 6.42 Å². The molecule has 0 amide bonds. The minimum atomic E-state index is -1.80. The van der Waals surface area contributed by atoms with E-state index in [2.05, 4.69) is 75.4 Å². The summed E-state index contributed by atoms with van der Waals surface area (Å²) in [6.07, 6.45) is 7.20. The van der Waals surface area contributed by atoms with E-state index in [9.17, 15) is 0 Å². The second kappa shape index (κ2) is 9.88. The number of benzene rings is 2. The zero-order chi connectivity index (χ0) is 17.4. The molecule has 0 aliphatic heterocycles. The molecule has 27 heavy (non-hydrogen) atoms. The van der Waals surface area contributed by atoms with Crippen LogP contribution in [0.15, 0.2) is 63.5 Å². The van der Waals surface area contributed by atoms with Crippen molar-refractivity contribution >= 4 is 8.70 Å². The Morgan fingerprint density at radius 3 is 2.30 bits per heavy atom. The second-order valence-corrected chi connectivity index (χ2v) is 22.6. The van der Waals surface area contributed by atoms with Crippen molar-refractivity contribution in [3.8, 4) is 11.1 Å². The molecule has 4 heteroatoms. The fraction of sp³-hybridized carbons (Fsp3) is 0.304. The molecule has 0 saturated heterocycles. The fourth-order valence-corrected chi connectivity index (χ4v) is 25.5. The monoisotopic (exact) mass is 490 g/mol. The largest absolute Gasteiger partial charge is 1.00 e. The first-order valence-electron chi connectivity index (χ1n) is 9.53. The van der Waals surface area contributed by atoms with Crippen molar-refractivity contribution in [3.63, 3.8) is 0 Å². The van der Waals surface area contributed by atoms with Gasteiger partial charge < -0.3 is 24.8 Å². The molecule has 2 aliphatic carbocycles. The summed E-state index contributed by atoms with van der Waals surface area (Å²) in [4.78, 5) is 0. The molecule has 2 aromatic carbocycles. The Hall–Kier alpha value is -0.400. The van der Waals surface area contributed by atoms with Crippen LogP contribution in [0.1, 0.15) is 38.3 Å². The average Bonchev–Trinajstić information content (AvgIpc) is 3.23. The van der Waals surface area contributed by atoms with Crippen LogP contribution in [-0.4, -0.2) is 5.43 Å². The molecule has 140 valence electrons. The molecule has 0 aromatic heterocycles. The summed E-state index contributed by atoms with van der Waals surface area (Å²) >= 11 is -1.80. The van der Waals surface area contributed by atoms with Gasteiger partial charge in [0, 0.05) is 0 Å². The van der Waals surface area contributed by atoms with E-state index in [4.69, 9.17) is 0 Å². The molecular weight excluding hydrogens is 466 g/mol. The van der Waals surface area contributed by atoms with Gasteiger partial charge in [0.1, 0.15) is 0 Å². The van der Waals surface area contributed by atoms with Crippen molar-refractivity contribution < 1.29 is 45.2 Å². The van der Waals surface area contributed by atoms with E-state index < -0.39 is 20.4 Å². The Morgan fingerprint density at radius 2 is 1.63 bits per heavy atom. The van der Waals surface area contributed by atoms with Crippen molar-refractivity contribution in [2.24, 2.45) is 0 Å². The Bertz CT molecular complexity index is 935. The first kappa shape index (κ1) is 22.9. The zero-order valence-electron chi connectivity index (χ0n) is 16.3. The van der Waals surface area contributed by atoms with E-state index in [1.165, 1.54) is 35.2 Å². The maximum atomic E-state index is 2.52. The molecule has 2 aliphatic rings. The van der Waals surface area contributed by atoms with Crippen LogP contribution < -0.4 is 28.1 Å². The first-order valence-corrected chi connectivity index (χ1v) is 17.6. The Morgan fingerprint density at radius 1 is 0.926 bits per heavy atom. The molecule has 0 heterocycles. The van der Waals surface area contributed by atoms with Gasteiger partial charge in [0.15, 0.2) is 0 Å². The normalized spacial score (nSPS) is 13.3. The predicted octanol–water partition coefficient (Wildman–Crippen LogP) is -0.225. The van der Waals surface area contributed by atoms with Gasteiger partial charge in [-0.25, -0.2) is 0 Å². The molecule has 2 aromatic rings. The van der Waals surface area contributed by atoms with Crippen molar-refractivity contribution in [2.75, 3.05) is 0 Å². The van der Waals surface area contributed by atoms with Crippen LogP contribution in [0.25, 0.3) is 11.1 Å². The smallest absolute Gasteiger partial charge is 1.00 e. The number of fused-ring (bicyclic) bond motifs is 3. The summed E-state index contributed by atoms with van der Waals surface area (Å²) in [5.74, 6) is 0. The molecule has 0 fully saturated rings. The molecule has 0 spiro atoms. The molecule has 0 unspecified atom stereocenters. The Kier molecular flexibility index (Phi) is 8.37. The van der Waals surface area contributed by atoms with Gasteiger partial charge in [0.25, 0.3) is 0 Å². The summed E-state index contributed by atoms with van der Waals surface area (Å²) in [6, 6.07) is 19.1. The van der Waals surface area contributed by atoms with Crippen LogP contribution >= 0.6 is 0 Å². The molecule has 0 saturated carbocycles. The average molecular weight is 493 g/mol. The van der Waals surface area contributed by atoms with E-state index in [1.54, 1.807) is 11.1 Å². The van der Waals surface area contributed by atoms with Gasteiger partial charge in [-0.05, 0) is 0 Å². The van der Waals surface area contributed by atoms with Crippen LogP contribution in [-0.2, 0) is 26.8 Å². The number of hydrogen-bond acceptors (Lipinski definition) is 0. The summed E-state index contributed by atoms with van der Waals surface area (Å²) in [5.41, 5.74) is 7.60. The van der Waals surface area contributed by atoms with Crippen LogP contribution in [0, 0.1) is 0 Å². The minimum Gasteiger partial charge on any atom is -1.00 e. The first-order chi connectivity index (χ1) is 12.2. The van der Waals surface area contributed by atoms with Crippen LogP contribution in [0.4, 0.5) is 0 Å². The molecular formula is C23H26Cl2SiZr. The maximum Gasteiger partial charge on any atom is -1.00 e. The third-order valence-corrected chi connectivity index (χ3v) is 27.4.